The molecule has 0 fully saturated rings. The molecule has 1 unspecified atom stereocenters. The van der Waals surface area contributed by atoms with Gasteiger partial charge in [-0.3, -0.25) is 0 Å². The Morgan fingerprint density at radius 2 is 1.90 bits per heavy atom. The number of thiophene rings is 1. The zero-order chi connectivity index (χ0) is 14.1. The second-order valence-corrected chi connectivity index (χ2v) is 7.37. The summed E-state index contributed by atoms with van der Waals surface area (Å²) in [6, 6.07) is 16.6. The third kappa shape index (κ3) is 2.66. The molecule has 0 aliphatic heterocycles. The average Bonchev–Trinajstić information content (AvgIpc) is 2.79. The second-order valence-electron chi connectivity index (χ2n) is 4.96. The fourth-order valence-corrected chi connectivity index (χ4v) is 3.98. The van der Waals surface area contributed by atoms with E-state index in [-0.39, 0.29) is 0 Å². The number of aliphatic hydroxyl groups is 1. The molecular formula is C17H15BrOS. The molecule has 0 amide bonds. The third-order valence-electron chi connectivity index (χ3n) is 3.50. The van der Waals surface area contributed by atoms with E-state index in [4.69, 9.17) is 0 Å². The van der Waals surface area contributed by atoms with Gasteiger partial charge in [0, 0.05) is 11.3 Å². The molecule has 2 aromatic carbocycles. The monoisotopic (exact) mass is 346 g/mol. The van der Waals surface area contributed by atoms with Crippen LogP contribution in [0.3, 0.4) is 0 Å². The molecule has 1 nitrogen and oxygen atoms in total. The van der Waals surface area contributed by atoms with E-state index in [1.807, 2.05) is 12.1 Å². The minimum Gasteiger partial charge on any atom is -0.387 e. The van der Waals surface area contributed by atoms with Crippen molar-refractivity contribution in [3.05, 3.63) is 68.3 Å². The number of aliphatic hydroxyl groups excluding tert-OH is 1. The summed E-state index contributed by atoms with van der Waals surface area (Å²) in [5, 5.41) is 12.9. The lowest BCUT2D eigenvalue weighted by molar-refractivity contribution is 0.182. The van der Waals surface area contributed by atoms with Crippen molar-refractivity contribution in [2.75, 3.05) is 0 Å². The summed E-state index contributed by atoms with van der Waals surface area (Å²) in [6.07, 6.45) is 0.198. The van der Waals surface area contributed by atoms with Gasteiger partial charge in [-0.05, 0) is 50.8 Å². The van der Waals surface area contributed by atoms with Gasteiger partial charge in [-0.25, -0.2) is 0 Å². The Hall–Kier alpha value is -1.16. The molecule has 0 radical (unpaired) electrons. The van der Waals surface area contributed by atoms with E-state index in [0.717, 1.165) is 8.66 Å². The fourth-order valence-electron chi connectivity index (χ4n) is 2.43. The van der Waals surface area contributed by atoms with Crippen LogP contribution in [0.15, 0.2) is 52.3 Å². The lowest BCUT2D eigenvalue weighted by atomic mass is 9.99. The summed E-state index contributed by atoms with van der Waals surface area (Å²) in [6.45, 7) is 2.05. The number of fused-ring (bicyclic) bond motifs is 1. The fraction of sp³-hybridized carbons (Fsp3) is 0.176. The maximum Gasteiger partial charge on any atom is 0.0922 e. The largest absolute Gasteiger partial charge is 0.387 e. The molecule has 1 atom stereocenters. The highest BCUT2D eigenvalue weighted by atomic mass is 79.9. The molecule has 1 aromatic heterocycles. The van der Waals surface area contributed by atoms with Crippen LogP contribution in [0.5, 0.6) is 0 Å². The topological polar surface area (TPSA) is 20.2 Å². The standard InChI is InChI=1S/C17H15BrOS/c1-11-9-16(20-17(11)18)15(19)10-13-7-4-6-12-5-2-3-8-14(12)13/h2-9,15,19H,10H2,1H3. The molecule has 1 N–H and O–H groups in total. The maximum atomic E-state index is 10.5. The zero-order valence-corrected chi connectivity index (χ0v) is 13.5. The van der Waals surface area contributed by atoms with Crippen molar-refractivity contribution in [2.24, 2.45) is 0 Å². The summed E-state index contributed by atoms with van der Waals surface area (Å²) in [5.41, 5.74) is 2.37. The number of halogens is 1. The van der Waals surface area contributed by atoms with Gasteiger partial charge in [0.2, 0.25) is 0 Å². The zero-order valence-electron chi connectivity index (χ0n) is 11.1. The second kappa shape index (κ2) is 5.68. The van der Waals surface area contributed by atoms with Gasteiger partial charge in [-0.1, -0.05) is 42.5 Å². The summed E-state index contributed by atoms with van der Waals surface area (Å²) < 4.78 is 1.10. The van der Waals surface area contributed by atoms with Gasteiger partial charge >= 0.3 is 0 Å². The van der Waals surface area contributed by atoms with Crippen molar-refractivity contribution in [2.45, 2.75) is 19.4 Å². The van der Waals surface area contributed by atoms with Crippen LogP contribution >= 0.6 is 27.3 Å². The van der Waals surface area contributed by atoms with Gasteiger partial charge in [0.05, 0.1) is 9.89 Å². The summed E-state index contributed by atoms with van der Waals surface area (Å²) in [4.78, 5) is 1.02. The molecule has 0 aliphatic rings. The van der Waals surface area contributed by atoms with E-state index in [9.17, 15) is 5.11 Å². The first-order valence-electron chi connectivity index (χ1n) is 6.55. The van der Waals surface area contributed by atoms with Gasteiger partial charge in [0.1, 0.15) is 0 Å². The molecule has 3 aromatic rings. The van der Waals surface area contributed by atoms with Crippen molar-refractivity contribution >= 4 is 38.0 Å². The summed E-state index contributed by atoms with van der Waals surface area (Å²) >= 11 is 5.13. The number of aryl methyl sites for hydroxylation is 1. The first kappa shape index (κ1) is 13.8. The molecule has 102 valence electrons. The van der Waals surface area contributed by atoms with Crippen LogP contribution in [0.4, 0.5) is 0 Å². The lowest BCUT2D eigenvalue weighted by Crippen LogP contribution is -2.00. The molecule has 0 aliphatic carbocycles. The predicted molar refractivity (Wildman–Crippen MR) is 89.4 cm³/mol. The molecule has 3 heteroatoms. The Morgan fingerprint density at radius 3 is 2.65 bits per heavy atom. The van der Waals surface area contributed by atoms with Gasteiger partial charge in [-0.2, -0.15) is 0 Å². The lowest BCUT2D eigenvalue weighted by Gasteiger charge is -2.11. The minimum absolute atomic E-state index is 0.448. The molecule has 0 saturated carbocycles. The van der Waals surface area contributed by atoms with Crippen molar-refractivity contribution in [3.8, 4) is 0 Å². The van der Waals surface area contributed by atoms with E-state index in [1.165, 1.54) is 21.9 Å². The van der Waals surface area contributed by atoms with E-state index in [2.05, 4.69) is 59.3 Å². The van der Waals surface area contributed by atoms with Gasteiger partial charge in [0.15, 0.2) is 0 Å². The highest BCUT2D eigenvalue weighted by Gasteiger charge is 2.14. The normalized spacial score (nSPS) is 12.8. The van der Waals surface area contributed by atoms with Crippen LogP contribution in [-0.2, 0) is 6.42 Å². The van der Waals surface area contributed by atoms with Crippen LogP contribution in [0.2, 0.25) is 0 Å². The van der Waals surface area contributed by atoms with E-state index in [0.29, 0.717) is 6.42 Å². The van der Waals surface area contributed by atoms with E-state index in [1.54, 1.807) is 11.3 Å². The van der Waals surface area contributed by atoms with E-state index >= 15 is 0 Å². The highest BCUT2D eigenvalue weighted by molar-refractivity contribution is 9.11. The Bertz CT molecular complexity index is 723. The van der Waals surface area contributed by atoms with Crippen LogP contribution in [0.1, 0.15) is 22.1 Å². The van der Waals surface area contributed by atoms with Crippen LogP contribution in [-0.4, -0.2) is 5.11 Å². The molecular weight excluding hydrogens is 332 g/mol. The van der Waals surface area contributed by atoms with Crippen molar-refractivity contribution in [3.63, 3.8) is 0 Å². The van der Waals surface area contributed by atoms with E-state index < -0.39 is 6.10 Å². The van der Waals surface area contributed by atoms with Crippen LogP contribution in [0, 0.1) is 6.92 Å². The Morgan fingerprint density at radius 1 is 1.15 bits per heavy atom. The third-order valence-corrected chi connectivity index (χ3v) is 5.74. The van der Waals surface area contributed by atoms with Crippen molar-refractivity contribution in [1.29, 1.82) is 0 Å². The number of hydrogen-bond donors (Lipinski definition) is 1. The quantitative estimate of drug-likeness (QED) is 0.686. The SMILES string of the molecule is Cc1cc(C(O)Cc2cccc3ccccc23)sc1Br. The van der Waals surface area contributed by atoms with Crippen LogP contribution in [0.25, 0.3) is 10.8 Å². The first-order chi connectivity index (χ1) is 9.65. The molecule has 1 heterocycles. The van der Waals surface area contributed by atoms with Gasteiger partial charge in [0.25, 0.3) is 0 Å². The first-order valence-corrected chi connectivity index (χ1v) is 8.16. The van der Waals surface area contributed by atoms with Crippen molar-refractivity contribution in [1.82, 2.24) is 0 Å². The molecule has 0 saturated heterocycles. The minimum atomic E-state index is -0.448. The Labute approximate surface area is 131 Å². The number of benzene rings is 2. The van der Waals surface area contributed by atoms with Gasteiger partial charge < -0.3 is 5.11 Å². The predicted octanol–water partition coefficient (Wildman–Crippen LogP) is 5.25. The highest BCUT2D eigenvalue weighted by Crippen LogP contribution is 2.33. The number of hydrogen-bond acceptors (Lipinski definition) is 2. The van der Waals surface area contributed by atoms with Crippen molar-refractivity contribution < 1.29 is 5.11 Å². The van der Waals surface area contributed by atoms with Gasteiger partial charge in [-0.15, -0.1) is 11.3 Å². The number of rotatable bonds is 3. The summed E-state index contributed by atoms with van der Waals surface area (Å²) in [5.74, 6) is 0. The molecule has 20 heavy (non-hydrogen) atoms. The molecule has 0 bridgehead atoms. The molecule has 0 spiro atoms. The maximum absolute atomic E-state index is 10.5. The Balaban J connectivity index is 1.93. The Kier molecular flexibility index (Phi) is 3.92. The average molecular weight is 347 g/mol. The van der Waals surface area contributed by atoms with Crippen LogP contribution < -0.4 is 0 Å². The smallest absolute Gasteiger partial charge is 0.0922 e. The summed E-state index contributed by atoms with van der Waals surface area (Å²) in [7, 11) is 0. The molecule has 3 rings (SSSR count).